The fraction of sp³-hybridized carbons (Fsp3) is 0.632. The molecule has 0 saturated carbocycles. The summed E-state index contributed by atoms with van der Waals surface area (Å²) in [5.74, 6) is 2.61. The molecule has 1 saturated heterocycles. The van der Waals surface area contributed by atoms with E-state index in [0.29, 0.717) is 6.61 Å². The van der Waals surface area contributed by atoms with Gasteiger partial charge in [-0.25, -0.2) is 0 Å². The lowest BCUT2D eigenvalue weighted by atomic mass is 9.94. The predicted octanol–water partition coefficient (Wildman–Crippen LogP) is 2.89. The third-order valence-electron chi connectivity index (χ3n) is 4.59. The minimum atomic E-state index is 0. The van der Waals surface area contributed by atoms with Gasteiger partial charge in [-0.1, -0.05) is 17.7 Å². The summed E-state index contributed by atoms with van der Waals surface area (Å²) in [4.78, 5) is 6.68. The zero-order valence-corrected chi connectivity index (χ0v) is 18.1. The Labute approximate surface area is 169 Å². The Bertz CT molecular complexity index is 499. The van der Waals surface area contributed by atoms with Crippen LogP contribution in [-0.2, 0) is 0 Å². The standard InChI is InChI=1S/C19H32N4O.HI/c1-16-4-6-18(7-5-16)24-15-12-22-19(20-2)21-11-8-17-9-13-23(3)14-10-17;/h4-7,17H,8-15H2,1-3H3,(H2,20,21,22);1H. The molecule has 1 heterocycles. The van der Waals surface area contributed by atoms with E-state index in [1.165, 1.54) is 37.9 Å². The summed E-state index contributed by atoms with van der Waals surface area (Å²) in [7, 11) is 4.02. The van der Waals surface area contributed by atoms with E-state index < -0.39 is 0 Å². The van der Waals surface area contributed by atoms with Crippen molar-refractivity contribution in [3.8, 4) is 5.75 Å². The Hall–Kier alpha value is -1.02. The Morgan fingerprint density at radius 3 is 2.44 bits per heavy atom. The average Bonchev–Trinajstić information content (AvgIpc) is 2.60. The number of nitrogens with one attached hydrogen (secondary N) is 2. The Morgan fingerprint density at radius 2 is 1.80 bits per heavy atom. The molecule has 0 unspecified atom stereocenters. The molecule has 0 spiro atoms. The third-order valence-corrected chi connectivity index (χ3v) is 4.59. The van der Waals surface area contributed by atoms with Crippen molar-refractivity contribution in [2.45, 2.75) is 26.2 Å². The van der Waals surface area contributed by atoms with Gasteiger partial charge in [0.15, 0.2) is 5.96 Å². The first-order valence-electron chi connectivity index (χ1n) is 9.00. The van der Waals surface area contributed by atoms with Crippen molar-refractivity contribution < 1.29 is 4.74 Å². The second-order valence-corrected chi connectivity index (χ2v) is 6.62. The van der Waals surface area contributed by atoms with Crippen LogP contribution in [0.5, 0.6) is 5.75 Å². The van der Waals surface area contributed by atoms with Crippen LogP contribution in [0.4, 0.5) is 0 Å². The van der Waals surface area contributed by atoms with Crippen LogP contribution < -0.4 is 15.4 Å². The van der Waals surface area contributed by atoms with E-state index in [1.807, 2.05) is 19.2 Å². The summed E-state index contributed by atoms with van der Waals surface area (Å²) in [6.45, 7) is 6.88. The maximum Gasteiger partial charge on any atom is 0.191 e. The Morgan fingerprint density at radius 1 is 1.16 bits per heavy atom. The van der Waals surface area contributed by atoms with E-state index in [4.69, 9.17) is 4.74 Å². The van der Waals surface area contributed by atoms with Crippen LogP contribution in [-0.4, -0.2) is 57.7 Å². The number of hydrogen-bond donors (Lipinski definition) is 2. The molecule has 2 N–H and O–H groups in total. The predicted molar refractivity (Wildman–Crippen MR) is 116 cm³/mol. The zero-order chi connectivity index (χ0) is 17.2. The molecule has 1 aliphatic rings. The van der Waals surface area contributed by atoms with Gasteiger partial charge < -0.3 is 20.3 Å². The first-order valence-corrected chi connectivity index (χ1v) is 9.00. The Balaban J connectivity index is 0.00000312. The number of likely N-dealkylation sites (tertiary alicyclic amines) is 1. The molecule has 6 heteroatoms. The van der Waals surface area contributed by atoms with Crippen molar-refractivity contribution in [1.82, 2.24) is 15.5 Å². The van der Waals surface area contributed by atoms with Crippen LogP contribution in [0.15, 0.2) is 29.3 Å². The van der Waals surface area contributed by atoms with Crippen molar-refractivity contribution >= 4 is 29.9 Å². The molecule has 5 nitrogen and oxygen atoms in total. The molecule has 0 bridgehead atoms. The van der Waals surface area contributed by atoms with Crippen molar-refractivity contribution in [2.75, 3.05) is 46.9 Å². The van der Waals surface area contributed by atoms with Gasteiger partial charge in [-0.3, -0.25) is 4.99 Å². The van der Waals surface area contributed by atoms with E-state index in [-0.39, 0.29) is 24.0 Å². The molecule has 1 aromatic carbocycles. The molecule has 1 aliphatic heterocycles. The van der Waals surface area contributed by atoms with Crippen LogP contribution >= 0.6 is 24.0 Å². The van der Waals surface area contributed by atoms with E-state index in [1.54, 1.807) is 0 Å². The van der Waals surface area contributed by atoms with Gasteiger partial charge in [-0.15, -0.1) is 24.0 Å². The summed E-state index contributed by atoms with van der Waals surface area (Å²) in [6.07, 6.45) is 3.84. The summed E-state index contributed by atoms with van der Waals surface area (Å²) >= 11 is 0. The first-order chi connectivity index (χ1) is 11.7. The second kappa shape index (κ2) is 12.4. The van der Waals surface area contributed by atoms with Crippen LogP contribution in [0.3, 0.4) is 0 Å². The molecule has 25 heavy (non-hydrogen) atoms. The molecular weight excluding hydrogens is 427 g/mol. The van der Waals surface area contributed by atoms with Gasteiger partial charge in [0.25, 0.3) is 0 Å². The van der Waals surface area contributed by atoms with Gasteiger partial charge >= 0.3 is 0 Å². The van der Waals surface area contributed by atoms with Crippen molar-refractivity contribution in [3.05, 3.63) is 29.8 Å². The number of ether oxygens (including phenoxy) is 1. The number of aryl methyl sites for hydroxylation is 1. The van der Waals surface area contributed by atoms with Gasteiger partial charge in [0.05, 0.1) is 6.54 Å². The number of piperidine rings is 1. The zero-order valence-electron chi connectivity index (χ0n) is 15.8. The van der Waals surface area contributed by atoms with Crippen molar-refractivity contribution in [1.29, 1.82) is 0 Å². The average molecular weight is 460 g/mol. The third kappa shape index (κ3) is 8.76. The molecular formula is C19H33IN4O. The molecule has 0 radical (unpaired) electrons. The van der Waals surface area contributed by atoms with Gasteiger partial charge in [0, 0.05) is 13.6 Å². The van der Waals surface area contributed by atoms with Crippen molar-refractivity contribution in [3.63, 3.8) is 0 Å². The van der Waals surface area contributed by atoms with Crippen LogP contribution in [0.2, 0.25) is 0 Å². The molecule has 1 aromatic rings. The largest absolute Gasteiger partial charge is 0.492 e. The first kappa shape index (κ1) is 22.0. The lowest BCUT2D eigenvalue weighted by Gasteiger charge is -2.29. The van der Waals surface area contributed by atoms with Crippen LogP contribution in [0, 0.1) is 12.8 Å². The normalized spacial score (nSPS) is 16.2. The summed E-state index contributed by atoms with van der Waals surface area (Å²) in [6, 6.07) is 8.13. The van der Waals surface area contributed by atoms with E-state index in [9.17, 15) is 0 Å². The second-order valence-electron chi connectivity index (χ2n) is 6.62. The van der Waals surface area contributed by atoms with Gasteiger partial charge in [-0.2, -0.15) is 0 Å². The lowest BCUT2D eigenvalue weighted by Crippen LogP contribution is -2.40. The number of rotatable bonds is 7. The highest BCUT2D eigenvalue weighted by molar-refractivity contribution is 14.0. The highest BCUT2D eigenvalue weighted by Gasteiger charge is 2.16. The number of hydrogen-bond acceptors (Lipinski definition) is 3. The van der Waals surface area contributed by atoms with Gasteiger partial charge in [0.1, 0.15) is 12.4 Å². The smallest absolute Gasteiger partial charge is 0.191 e. The molecule has 0 aliphatic carbocycles. The Kier molecular flexibility index (Phi) is 10.9. The monoisotopic (exact) mass is 460 g/mol. The number of guanidine groups is 1. The number of aliphatic imine (C=N–C) groups is 1. The lowest BCUT2D eigenvalue weighted by molar-refractivity contribution is 0.213. The quantitative estimate of drug-likeness (QED) is 0.285. The molecule has 2 rings (SSSR count). The topological polar surface area (TPSA) is 48.9 Å². The number of halogens is 1. The SMILES string of the molecule is CN=C(NCCOc1ccc(C)cc1)NCCC1CCN(C)CC1.I. The number of nitrogens with zero attached hydrogens (tertiary/aromatic N) is 2. The summed E-state index contributed by atoms with van der Waals surface area (Å²) in [5, 5.41) is 6.71. The summed E-state index contributed by atoms with van der Waals surface area (Å²) in [5.41, 5.74) is 1.25. The van der Waals surface area contributed by atoms with E-state index >= 15 is 0 Å². The van der Waals surface area contributed by atoms with Gasteiger partial charge in [0.2, 0.25) is 0 Å². The van der Waals surface area contributed by atoms with Crippen molar-refractivity contribution in [2.24, 2.45) is 10.9 Å². The van der Waals surface area contributed by atoms with Crippen LogP contribution in [0.1, 0.15) is 24.8 Å². The fourth-order valence-electron chi connectivity index (χ4n) is 2.94. The highest BCUT2D eigenvalue weighted by Crippen LogP contribution is 2.18. The minimum Gasteiger partial charge on any atom is -0.492 e. The maximum absolute atomic E-state index is 5.72. The molecule has 1 fully saturated rings. The molecule has 0 atom stereocenters. The fourth-order valence-corrected chi connectivity index (χ4v) is 2.94. The van der Waals surface area contributed by atoms with Gasteiger partial charge in [-0.05, 0) is 64.4 Å². The minimum absolute atomic E-state index is 0. The van der Waals surface area contributed by atoms with E-state index in [0.717, 1.165) is 30.7 Å². The highest BCUT2D eigenvalue weighted by atomic mass is 127. The summed E-state index contributed by atoms with van der Waals surface area (Å²) < 4.78 is 5.72. The molecule has 0 aromatic heterocycles. The molecule has 142 valence electrons. The number of benzene rings is 1. The maximum atomic E-state index is 5.72. The van der Waals surface area contributed by atoms with Crippen LogP contribution in [0.25, 0.3) is 0 Å². The molecule has 0 amide bonds. The van der Waals surface area contributed by atoms with E-state index in [2.05, 4.69) is 46.6 Å².